The van der Waals surface area contributed by atoms with Crippen molar-refractivity contribution in [2.75, 3.05) is 20.3 Å². The summed E-state index contributed by atoms with van der Waals surface area (Å²) in [6, 6.07) is 3.43. The lowest BCUT2D eigenvalue weighted by Crippen LogP contribution is -2.39. The summed E-state index contributed by atoms with van der Waals surface area (Å²) in [6.45, 7) is 3.19. The van der Waals surface area contributed by atoms with E-state index >= 15 is 0 Å². The van der Waals surface area contributed by atoms with E-state index in [9.17, 15) is 9.18 Å². The number of ether oxygens (including phenoxy) is 3. The molecule has 1 spiro atoms. The average molecular weight is 350 g/mol. The van der Waals surface area contributed by atoms with Gasteiger partial charge in [0.2, 0.25) is 0 Å². The molecule has 0 aromatic heterocycles. The van der Waals surface area contributed by atoms with Gasteiger partial charge in [0.1, 0.15) is 17.3 Å². The average Bonchev–Trinajstić information content (AvgIpc) is 3.05. The third-order valence-electron chi connectivity index (χ3n) is 5.26. The van der Waals surface area contributed by atoms with Crippen molar-refractivity contribution in [3.8, 4) is 5.75 Å². The normalized spacial score (nSPS) is 22.5. The molecule has 5 heteroatoms. The highest BCUT2D eigenvalue weighted by atomic mass is 19.1. The molecule has 1 atom stereocenters. The molecular formula is C20H27FO4. The minimum Gasteiger partial charge on any atom is -0.496 e. The summed E-state index contributed by atoms with van der Waals surface area (Å²) in [6.07, 6.45) is 5.31. The molecule has 1 aliphatic carbocycles. The van der Waals surface area contributed by atoms with Crippen molar-refractivity contribution in [3.63, 3.8) is 0 Å². The molecular weight excluding hydrogens is 323 g/mol. The van der Waals surface area contributed by atoms with Gasteiger partial charge in [-0.15, -0.1) is 0 Å². The fourth-order valence-corrected chi connectivity index (χ4v) is 3.91. The summed E-state index contributed by atoms with van der Waals surface area (Å²) in [5.41, 5.74) is 1.27. The Kier molecular flexibility index (Phi) is 5.74. The Balaban J connectivity index is 1.88. The SMILES string of the molecule is CCCCCc1cc(F)c([C@@H]2CC3(CCC2=O)OCCO3)c(OC)c1. The van der Waals surface area contributed by atoms with E-state index in [4.69, 9.17) is 14.2 Å². The summed E-state index contributed by atoms with van der Waals surface area (Å²) in [5, 5.41) is 0. The van der Waals surface area contributed by atoms with Crippen LogP contribution in [0.15, 0.2) is 12.1 Å². The van der Waals surface area contributed by atoms with Crippen molar-refractivity contribution in [1.82, 2.24) is 0 Å². The summed E-state index contributed by atoms with van der Waals surface area (Å²) in [7, 11) is 1.53. The molecule has 2 aliphatic rings. The molecule has 1 aliphatic heterocycles. The van der Waals surface area contributed by atoms with Gasteiger partial charge >= 0.3 is 0 Å². The van der Waals surface area contributed by atoms with Crippen molar-refractivity contribution in [1.29, 1.82) is 0 Å². The van der Waals surface area contributed by atoms with Crippen LogP contribution in [0.2, 0.25) is 0 Å². The van der Waals surface area contributed by atoms with Crippen molar-refractivity contribution < 1.29 is 23.4 Å². The van der Waals surface area contributed by atoms with Crippen LogP contribution in [0.5, 0.6) is 5.75 Å². The Bertz CT molecular complexity index is 622. The molecule has 3 rings (SSSR count). The number of carbonyl (C=O) groups is 1. The van der Waals surface area contributed by atoms with Crippen LogP contribution in [-0.2, 0) is 20.7 Å². The molecule has 1 aromatic carbocycles. The third-order valence-corrected chi connectivity index (χ3v) is 5.26. The molecule has 0 amide bonds. The molecule has 0 bridgehead atoms. The van der Waals surface area contributed by atoms with Crippen LogP contribution in [0, 0.1) is 5.82 Å². The van der Waals surface area contributed by atoms with Crippen LogP contribution >= 0.6 is 0 Å². The van der Waals surface area contributed by atoms with Gasteiger partial charge in [-0.3, -0.25) is 4.79 Å². The summed E-state index contributed by atoms with van der Waals surface area (Å²) < 4.78 is 31.9. The first kappa shape index (κ1) is 18.3. The number of halogens is 1. The van der Waals surface area contributed by atoms with E-state index < -0.39 is 11.7 Å². The van der Waals surface area contributed by atoms with Crippen LogP contribution in [0.3, 0.4) is 0 Å². The maximum absolute atomic E-state index is 14.9. The summed E-state index contributed by atoms with van der Waals surface area (Å²) in [5.74, 6) is -1.19. The number of methoxy groups -OCH3 is 1. The van der Waals surface area contributed by atoms with Gasteiger partial charge in [-0.2, -0.15) is 0 Å². The number of hydrogen-bond donors (Lipinski definition) is 0. The number of ketones is 1. The van der Waals surface area contributed by atoms with E-state index in [2.05, 4.69) is 6.92 Å². The summed E-state index contributed by atoms with van der Waals surface area (Å²) in [4.78, 5) is 12.5. The van der Waals surface area contributed by atoms with Crippen molar-refractivity contribution in [2.24, 2.45) is 0 Å². The monoisotopic (exact) mass is 350 g/mol. The van der Waals surface area contributed by atoms with Crippen LogP contribution in [0.1, 0.15) is 62.5 Å². The van der Waals surface area contributed by atoms with Gasteiger partial charge in [-0.1, -0.05) is 19.8 Å². The fraction of sp³-hybridized carbons (Fsp3) is 0.650. The number of rotatable bonds is 6. The minimum atomic E-state index is -0.740. The van der Waals surface area contributed by atoms with E-state index in [1.807, 2.05) is 6.07 Å². The second-order valence-electron chi connectivity index (χ2n) is 6.98. The van der Waals surface area contributed by atoms with E-state index in [-0.39, 0.29) is 11.6 Å². The molecule has 1 heterocycles. The Morgan fingerprint density at radius 3 is 2.72 bits per heavy atom. The lowest BCUT2D eigenvalue weighted by molar-refractivity contribution is -0.183. The predicted octanol–water partition coefficient (Wildman–Crippen LogP) is 4.15. The van der Waals surface area contributed by atoms with E-state index in [0.29, 0.717) is 43.8 Å². The first-order valence-electron chi connectivity index (χ1n) is 9.25. The zero-order chi connectivity index (χ0) is 17.9. The van der Waals surface area contributed by atoms with Gasteiger partial charge in [0, 0.05) is 24.8 Å². The molecule has 0 radical (unpaired) electrons. The lowest BCUT2D eigenvalue weighted by atomic mass is 9.78. The lowest BCUT2D eigenvalue weighted by Gasteiger charge is -2.36. The number of Topliss-reactive ketones (excluding diaryl/α,β-unsaturated/α-hetero) is 1. The fourth-order valence-electron chi connectivity index (χ4n) is 3.91. The van der Waals surface area contributed by atoms with Crippen LogP contribution in [0.25, 0.3) is 0 Å². The zero-order valence-electron chi connectivity index (χ0n) is 15.1. The van der Waals surface area contributed by atoms with Crippen LogP contribution in [0.4, 0.5) is 4.39 Å². The van der Waals surface area contributed by atoms with Crippen molar-refractivity contribution in [2.45, 2.75) is 63.6 Å². The molecule has 1 saturated carbocycles. The number of benzene rings is 1. The van der Waals surface area contributed by atoms with Gasteiger partial charge in [-0.25, -0.2) is 4.39 Å². The largest absolute Gasteiger partial charge is 0.496 e. The highest BCUT2D eigenvalue weighted by Gasteiger charge is 2.46. The standard InChI is InChI=1S/C20H27FO4/c1-3-4-5-6-14-11-16(21)19(18(12-14)23-2)15-13-20(8-7-17(15)22)24-9-10-25-20/h11-12,15H,3-10,13H2,1-2H3/t15-/m1/s1. The number of aryl methyl sites for hydroxylation is 1. The number of carbonyl (C=O) groups excluding carboxylic acids is 1. The highest BCUT2D eigenvalue weighted by Crippen LogP contribution is 2.44. The van der Waals surface area contributed by atoms with Crippen molar-refractivity contribution >= 4 is 5.78 Å². The van der Waals surface area contributed by atoms with Gasteiger partial charge in [0.15, 0.2) is 5.79 Å². The Morgan fingerprint density at radius 2 is 2.04 bits per heavy atom. The molecule has 138 valence electrons. The summed E-state index contributed by atoms with van der Waals surface area (Å²) >= 11 is 0. The molecule has 1 saturated heterocycles. The van der Waals surface area contributed by atoms with Gasteiger partial charge in [0.25, 0.3) is 0 Å². The zero-order valence-corrected chi connectivity index (χ0v) is 15.1. The van der Waals surface area contributed by atoms with Gasteiger partial charge in [0.05, 0.1) is 26.2 Å². The van der Waals surface area contributed by atoms with E-state index in [1.54, 1.807) is 6.07 Å². The van der Waals surface area contributed by atoms with E-state index in [0.717, 1.165) is 31.2 Å². The Morgan fingerprint density at radius 1 is 1.28 bits per heavy atom. The maximum atomic E-state index is 14.9. The van der Waals surface area contributed by atoms with Gasteiger partial charge in [-0.05, 0) is 30.5 Å². The quantitative estimate of drug-likeness (QED) is 0.723. The highest BCUT2D eigenvalue weighted by molar-refractivity contribution is 5.87. The number of unbranched alkanes of at least 4 members (excludes halogenated alkanes) is 2. The number of hydrogen-bond acceptors (Lipinski definition) is 4. The molecule has 2 fully saturated rings. The topological polar surface area (TPSA) is 44.8 Å². The molecule has 0 N–H and O–H groups in total. The second-order valence-corrected chi connectivity index (χ2v) is 6.98. The predicted molar refractivity (Wildman–Crippen MR) is 92.4 cm³/mol. The maximum Gasteiger partial charge on any atom is 0.169 e. The van der Waals surface area contributed by atoms with Crippen molar-refractivity contribution in [3.05, 3.63) is 29.1 Å². The third kappa shape index (κ3) is 3.87. The molecule has 1 aromatic rings. The first-order valence-corrected chi connectivity index (χ1v) is 9.25. The Labute approximate surface area is 148 Å². The van der Waals surface area contributed by atoms with Crippen LogP contribution < -0.4 is 4.74 Å². The molecule has 25 heavy (non-hydrogen) atoms. The van der Waals surface area contributed by atoms with E-state index in [1.165, 1.54) is 7.11 Å². The second kappa shape index (κ2) is 7.83. The smallest absolute Gasteiger partial charge is 0.169 e. The molecule has 4 nitrogen and oxygen atoms in total. The Hall–Kier alpha value is -1.46. The van der Waals surface area contributed by atoms with Crippen LogP contribution in [-0.4, -0.2) is 31.9 Å². The first-order chi connectivity index (χ1) is 12.1. The molecule has 0 unspecified atom stereocenters. The van der Waals surface area contributed by atoms with Gasteiger partial charge < -0.3 is 14.2 Å². The minimum absolute atomic E-state index is 0.0284.